The van der Waals surface area contributed by atoms with Crippen molar-refractivity contribution < 1.29 is 23.2 Å². The van der Waals surface area contributed by atoms with Gasteiger partial charge in [0.25, 0.3) is 0 Å². The number of hydrogen-bond acceptors (Lipinski definition) is 4. The summed E-state index contributed by atoms with van der Waals surface area (Å²) in [6.45, 7) is 0.250. The second-order valence-corrected chi connectivity index (χ2v) is 5.86. The molecule has 1 aliphatic heterocycles. The second kappa shape index (κ2) is 5.88. The smallest absolute Gasteiger partial charge is 0.365 e. The Labute approximate surface area is 114 Å². The van der Waals surface area contributed by atoms with Crippen LogP contribution < -0.4 is 0 Å². The molecule has 2 unspecified atom stereocenters. The van der Waals surface area contributed by atoms with Crippen LogP contribution >= 0.6 is 31.0 Å². The summed E-state index contributed by atoms with van der Waals surface area (Å²) in [7, 11) is -4.18. The highest BCUT2D eigenvalue weighted by Crippen LogP contribution is 2.52. The van der Waals surface area contributed by atoms with Crippen molar-refractivity contribution in [2.24, 2.45) is 0 Å². The van der Waals surface area contributed by atoms with E-state index in [1.807, 2.05) is 30.3 Å². The van der Waals surface area contributed by atoms with E-state index >= 15 is 0 Å². The number of ether oxygens (including phenoxy) is 1. The van der Waals surface area contributed by atoms with Crippen molar-refractivity contribution in [3.63, 3.8) is 0 Å². The molecule has 1 saturated heterocycles. The van der Waals surface area contributed by atoms with E-state index in [0.717, 1.165) is 5.56 Å². The summed E-state index contributed by atoms with van der Waals surface area (Å²) in [5.41, 5.74) is -1.36. The van der Waals surface area contributed by atoms with Gasteiger partial charge >= 0.3 is 7.82 Å². The van der Waals surface area contributed by atoms with Gasteiger partial charge in [-0.2, -0.15) is 0 Å². The number of hydrogen-bond donors (Lipinski definition) is 1. The third-order valence-electron chi connectivity index (χ3n) is 2.27. The predicted molar refractivity (Wildman–Crippen MR) is 66.3 cm³/mol. The zero-order valence-electron chi connectivity index (χ0n) is 9.11. The molecule has 0 amide bonds. The molecular weight excluding hydrogens is 302 g/mol. The van der Waals surface area contributed by atoms with Crippen molar-refractivity contribution in [2.45, 2.75) is 23.8 Å². The van der Waals surface area contributed by atoms with Gasteiger partial charge in [-0.1, -0.05) is 53.5 Å². The van der Waals surface area contributed by atoms with Crippen molar-refractivity contribution >= 4 is 31.0 Å². The van der Waals surface area contributed by atoms with Gasteiger partial charge < -0.3 is 9.63 Å². The average Bonchev–Trinajstić information content (AvgIpc) is 2.27. The van der Waals surface area contributed by atoms with Gasteiger partial charge in [-0.15, -0.1) is 0 Å². The maximum absolute atomic E-state index is 11.2. The SMILES string of the molecule is O=P1(O)OC(Cl)C(OCc2ccccc2)C(Cl)O1. The van der Waals surface area contributed by atoms with Crippen LogP contribution in [0.1, 0.15) is 5.56 Å². The van der Waals surface area contributed by atoms with Crippen LogP contribution in [0, 0.1) is 0 Å². The Bertz CT molecular complexity index is 427. The highest BCUT2D eigenvalue weighted by molar-refractivity contribution is 7.47. The molecule has 8 heteroatoms. The Morgan fingerprint density at radius 1 is 1.22 bits per heavy atom. The quantitative estimate of drug-likeness (QED) is 0.686. The number of alkyl halides is 2. The molecule has 0 bridgehead atoms. The lowest BCUT2D eigenvalue weighted by Crippen LogP contribution is -2.40. The standard InChI is InChI=1S/C10H11Cl2O5P/c11-9-8(10(12)17-18(13,14)16-9)15-6-7-4-2-1-3-5-7/h1-5,8-10H,6H2,(H,13,14). The zero-order valence-corrected chi connectivity index (χ0v) is 11.5. The van der Waals surface area contributed by atoms with E-state index in [1.165, 1.54) is 0 Å². The number of halogens is 2. The first-order chi connectivity index (χ1) is 8.48. The van der Waals surface area contributed by atoms with Crippen LogP contribution in [-0.2, 0) is 25.0 Å². The third-order valence-corrected chi connectivity index (χ3v) is 4.18. The third kappa shape index (κ3) is 3.68. The van der Waals surface area contributed by atoms with Crippen molar-refractivity contribution in [1.82, 2.24) is 0 Å². The maximum Gasteiger partial charge on any atom is 0.475 e. The molecule has 5 nitrogen and oxygen atoms in total. The zero-order chi connectivity index (χ0) is 13.2. The fraction of sp³-hybridized carbons (Fsp3) is 0.400. The van der Waals surface area contributed by atoms with Crippen LogP contribution in [0.15, 0.2) is 30.3 Å². The first-order valence-electron chi connectivity index (χ1n) is 5.11. The Morgan fingerprint density at radius 2 is 1.78 bits per heavy atom. The normalized spacial score (nSPS) is 36.5. The topological polar surface area (TPSA) is 65.0 Å². The molecule has 18 heavy (non-hydrogen) atoms. The van der Waals surface area contributed by atoms with Crippen molar-refractivity contribution in [3.8, 4) is 0 Å². The molecule has 1 aromatic rings. The van der Waals surface area contributed by atoms with Gasteiger partial charge in [0.15, 0.2) is 11.1 Å². The number of phosphoric acid groups is 1. The number of benzene rings is 1. The summed E-state index contributed by atoms with van der Waals surface area (Å²) < 4.78 is 25.8. The largest absolute Gasteiger partial charge is 0.475 e. The summed E-state index contributed by atoms with van der Waals surface area (Å²) in [5, 5.41) is 0. The lowest BCUT2D eigenvalue weighted by molar-refractivity contribution is -0.0850. The highest BCUT2D eigenvalue weighted by atomic mass is 35.5. The molecule has 0 spiro atoms. The second-order valence-electron chi connectivity index (χ2n) is 3.64. The first kappa shape index (κ1) is 14.3. The molecule has 0 aromatic heterocycles. The van der Waals surface area contributed by atoms with Gasteiger partial charge in [-0.05, 0) is 5.56 Å². The van der Waals surface area contributed by atoms with Crippen LogP contribution in [-0.4, -0.2) is 22.1 Å². The molecule has 2 rings (SSSR count). The molecule has 1 aliphatic rings. The van der Waals surface area contributed by atoms with Crippen molar-refractivity contribution in [1.29, 1.82) is 0 Å². The Kier molecular flexibility index (Phi) is 4.67. The van der Waals surface area contributed by atoms with Gasteiger partial charge in [0.2, 0.25) is 0 Å². The summed E-state index contributed by atoms with van der Waals surface area (Å²) in [4.78, 5) is 9.10. The Morgan fingerprint density at radius 3 is 2.33 bits per heavy atom. The van der Waals surface area contributed by atoms with Gasteiger partial charge in [0.1, 0.15) is 6.10 Å². The van der Waals surface area contributed by atoms with Crippen LogP contribution in [0.4, 0.5) is 0 Å². The molecule has 0 radical (unpaired) electrons. The predicted octanol–water partition coefficient (Wildman–Crippen LogP) is 2.85. The molecule has 2 atom stereocenters. The number of rotatable bonds is 3. The van der Waals surface area contributed by atoms with Gasteiger partial charge in [0.05, 0.1) is 6.61 Å². The van der Waals surface area contributed by atoms with E-state index < -0.39 is 25.1 Å². The van der Waals surface area contributed by atoms with E-state index in [0.29, 0.717) is 0 Å². The minimum atomic E-state index is -4.18. The lowest BCUT2D eigenvalue weighted by atomic mass is 10.2. The average molecular weight is 313 g/mol. The van der Waals surface area contributed by atoms with Crippen LogP contribution in [0.25, 0.3) is 0 Å². The van der Waals surface area contributed by atoms with Crippen LogP contribution in [0.3, 0.4) is 0 Å². The minimum absolute atomic E-state index is 0.250. The molecule has 1 heterocycles. The van der Waals surface area contributed by atoms with E-state index in [4.69, 9.17) is 32.8 Å². The lowest BCUT2D eigenvalue weighted by Gasteiger charge is -2.33. The molecule has 0 aliphatic carbocycles. The molecule has 0 saturated carbocycles. The highest BCUT2D eigenvalue weighted by Gasteiger charge is 2.44. The number of phosphoric ester groups is 1. The summed E-state index contributed by atoms with van der Waals surface area (Å²) >= 11 is 11.6. The molecule has 1 N–H and O–H groups in total. The van der Waals surface area contributed by atoms with E-state index in [-0.39, 0.29) is 6.61 Å². The summed E-state index contributed by atoms with van der Waals surface area (Å²) in [6.07, 6.45) is -0.831. The van der Waals surface area contributed by atoms with Crippen LogP contribution in [0.5, 0.6) is 0 Å². The Hall–Kier alpha value is -0.130. The maximum atomic E-state index is 11.2. The molecular formula is C10H11Cl2O5P. The summed E-state index contributed by atoms with van der Waals surface area (Å²) in [6, 6.07) is 9.35. The van der Waals surface area contributed by atoms with Gasteiger partial charge in [-0.25, -0.2) is 4.57 Å². The van der Waals surface area contributed by atoms with Crippen molar-refractivity contribution in [2.75, 3.05) is 0 Å². The molecule has 1 fully saturated rings. The van der Waals surface area contributed by atoms with Gasteiger partial charge in [0, 0.05) is 0 Å². The van der Waals surface area contributed by atoms with E-state index in [2.05, 4.69) is 9.05 Å². The monoisotopic (exact) mass is 312 g/mol. The fourth-order valence-electron chi connectivity index (χ4n) is 1.44. The fourth-order valence-corrected chi connectivity index (χ4v) is 3.32. The molecule has 1 aromatic carbocycles. The molecule has 100 valence electrons. The van der Waals surface area contributed by atoms with E-state index in [1.54, 1.807) is 0 Å². The van der Waals surface area contributed by atoms with Gasteiger partial charge in [-0.3, -0.25) is 9.05 Å². The Balaban J connectivity index is 1.95. The minimum Gasteiger partial charge on any atom is -0.365 e. The summed E-state index contributed by atoms with van der Waals surface area (Å²) in [5.74, 6) is 0. The van der Waals surface area contributed by atoms with Crippen molar-refractivity contribution in [3.05, 3.63) is 35.9 Å². The van der Waals surface area contributed by atoms with Crippen LogP contribution in [0.2, 0.25) is 0 Å². The van der Waals surface area contributed by atoms with E-state index in [9.17, 15) is 4.57 Å². The first-order valence-corrected chi connectivity index (χ1v) is 7.48.